The van der Waals surface area contributed by atoms with Crippen molar-refractivity contribution in [2.75, 3.05) is 13.7 Å². The first-order valence-electron chi connectivity index (χ1n) is 9.36. The smallest absolute Gasteiger partial charge is 0.290 e. The molecule has 148 valence electrons. The molecule has 6 heteroatoms. The fourth-order valence-electron chi connectivity index (χ4n) is 3.43. The average Bonchev–Trinajstić information content (AvgIpc) is 3.28. The molecule has 1 unspecified atom stereocenters. The predicted octanol–water partition coefficient (Wildman–Crippen LogP) is 3.84. The van der Waals surface area contributed by atoms with E-state index in [4.69, 9.17) is 9.15 Å². The summed E-state index contributed by atoms with van der Waals surface area (Å²) in [6.07, 6.45) is 2.34. The van der Waals surface area contributed by atoms with E-state index in [1.165, 1.54) is 11.2 Å². The maximum Gasteiger partial charge on any atom is 0.290 e. The molecule has 1 aliphatic heterocycles. The van der Waals surface area contributed by atoms with Gasteiger partial charge < -0.3 is 19.2 Å². The van der Waals surface area contributed by atoms with Crippen LogP contribution in [0.1, 0.15) is 37.6 Å². The molecule has 1 aliphatic rings. The number of aliphatic hydroxyl groups excluding tert-OH is 1. The number of Topliss-reactive ketones (excluding diaryl/α,β-unsaturated/α-hetero) is 1. The Balaban J connectivity index is 1.85. The molecule has 2 aromatic rings. The Morgan fingerprint density at radius 2 is 1.96 bits per heavy atom. The van der Waals surface area contributed by atoms with Crippen LogP contribution < -0.4 is 4.74 Å². The van der Waals surface area contributed by atoms with Gasteiger partial charge in [-0.25, -0.2) is 0 Å². The molecule has 0 aliphatic carbocycles. The molecule has 6 nitrogen and oxygen atoms in total. The van der Waals surface area contributed by atoms with Gasteiger partial charge in [0.15, 0.2) is 11.5 Å². The molecule has 1 aromatic heterocycles. The Kier molecular flexibility index (Phi) is 5.87. The number of benzene rings is 1. The quantitative estimate of drug-likeness (QED) is 0.749. The van der Waals surface area contributed by atoms with Crippen LogP contribution in [0.25, 0.3) is 0 Å². The zero-order valence-corrected chi connectivity index (χ0v) is 16.3. The summed E-state index contributed by atoms with van der Waals surface area (Å²) in [4.78, 5) is 27.0. The van der Waals surface area contributed by atoms with Crippen molar-refractivity contribution in [2.24, 2.45) is 5.92 Å². The number of aliphatic hydroxyl groups is 1. The standard InChI is InChI=1S/C22H25NO5/c1-14(2)13-17(24)19-20(18-5-4-12-28-18)23(22(26)21(19)25)11-10-15-6-8-16(27-3)9-7-15/h4-9,12,14,20,25H,10-11,13H2,1-3H3. The number of rotatable bonds is 8. The highest BCUT2D eigenvalue weighted by Gasteiger charge is 2.44. The molecule has 1 atom stereocenters. The number of carbonyl (C=O) groups is 2. The van der Waals surface area contributed by atoms with Crippen LogP contribution in [0.5, 0.6) is 5.75 Å². The summed E-state index contributed by atoms with van der Waals surface area (Å²) in [6, 6.07) is 10.3. The van der Waals surface area contributed by atoms with Gasteiger partial charge in [0.2, 0.25) is 0 Å². The Morgan fingerprint density at radius 1 is 1.25 bits per heavy atom. The van der Waals surface area contributed by atoms with Gasteiger partial charge in [-0.3, -0.25) is 9.59 Å². The Hall–Kier alpha value is -3.02. The zero-order chi connectivity index (χ0) is 20.3. The van der Waals surface area contributed by atoms with Crippen molar-refractivity contribution in [3.8, 4) is 5.75 Å². The topological polar surface area (TPSA) is 80.0 Å². The summed E-state index contributed by atoms with van der Waals surface area (Å²) < 4.78 is 10.7. The number of ketones is 1. The van der Waals surface area contributed by atoms with E-state index in [0.29, 0.717) is 18.7 Å². The van der Waals surface area contributed by atoms with Crippen LogP contribution in [0.15, 0.2) is 58.4 Å². The maximum absolute atomic E-state index is 12.8. The summed E-state index contributed by atoms with van der Waals surface area (Å²) in [5.41, 5.74) is 1.15. The second-order valence-electron chi connectivity index (χ2n) is 7.30. The van der Waals surface area contributed by atoms with Gasteiger partial charge in [-0.15, -0.1) is 0 Å². The van der Waals surface area contributed by atoms with Crippen molar-refractivity contribution < 1.29 is 23.8 Å². The van der Waals surface area contributed by atoms with Crippen LogP contribution >= 0.6 is 0 Å². The first-order chi connectivity index (χ1) is 13.4. The molecule has 3 rings (SSSR count). The van der Waals surface area contributed by atoms with Gasteiger partial charge >= 0.3 is 0 Å². The van der Waals surface area contributed by atoms with E-state index >= 15 is 0 Å². The number of hydrogen-bond donors (Lipinski definition) is 1. The summed E-state index contributed by atoms with van der Waals surface area (Å²) in [5.74, 6) is 0.112. The molecule has 0 saturated carbocycles. The van der Waals surface area contributed by atoms with Crippen LogP contribution in [-0.2, 0) is 16.0 Å². The molecule has 0 radical (unpaired) electrons. The molecule has 0 fully saturated rings. The third-order valence-corrected chi connectivity index (χ3v) is 4.81. The van der Waals surface area contributed by atoms with Crippen LogP contribution in [0.4, 0.5) is 0 Å². The number of ether oxygens (including phenoxy) is 1. The third kappa shape index (κ3) is 3.96. The lowest BCUT2D eigenvalue weighted by molar-refractivity contribution is -0.129. The van der Waals surface area contributed by atoms with Crippen LogP contribution in [-0.4, -0.2) is 35.4 Å². The second-order valence-corrected chi connectivity index (χ2v) is 7.30. The zero-order valence-electron chi connectivity index (χ0n) is 16.3. The van der Waals surface area contributed by atoms with Gasteiger partial charge in [-0.2, -0.15) is 0 Å². The van der Waals surface area contributed by atoms with Crippen molar-refractivity contribution in [3.63, 3.8) is 0 Å². The lowest BCUT2D eigenvalue weighted by Crippen LogP contribution is -2.33. The Labute approximate surface area is 164 Å². The number of amides is 1. The highest BCUT2D eigenvalue weighted by atomic mass is 16.5. The molecule has 1 aromatic carbocycles. The van der Waals surface area contributed by atoms with E-state index in [9.17, 15) is 14.7 Å². The van der Waals surface area contributed by atoms with E-state index in [-0.39, 0.29) is 23.7 Å². The number of nitrogens with zero attached hydrogens (tertiary/aromatic N) is 1. The molecular weight excluding hydrogens is 358 g/mol. The van der Waals surface area contributed by atoms with Crippen molar-refractivity contribution >= 4 is 11.7 Å². The van der Waals surface area contributed by atoms with E-state index in [0.717, 1.165) is 11.3 Å². The highest BCUT2D eigenvalue weighted by Crippen LogP contribution is 2.38. The maximum atomic E-state index is 12.8. The molecular formula is C22H25NO5. The van der Waals surface area contributed by atoms with Crippen LogP contribution in [0.2, 0.25) is 0 Å². The van der Waals surface area contributed by atoms with Gasteiger partial charge in [0.25, 0.3) is 5.91 Å². The lowest BCUT2D eigenvalue weighted by atomic mass is 9.95. The van der Waals surface area contributed by atoms with Gasteiger partial charge in [0.05, 0.1) is 18.9 Å². The fraction of sp³-hybridized carbons (Fsp3) is 0.364. The monoisotopic (exact) mass is 383 g/mol. The molecule has 28 heavy (non-hydrogen) atoms. The third-order valence-electron chi connectivity index (χ3n) is 4.81. The molecule has 0 spiro atoms. The molecule has 0 saturated heterocycles. The van der Waals surface area contributed by atoms with Crippen LogP contribution in [0, 0.1) is 5.92 Å². The fourth-order valence-corrected chi connectivity index (χ4v) is 3.43. The van der Waals surface area contributed by atoms with Crippen LogP contribution in [0.3, 0.4) is 0 Å². The minimum Gasteiger partial charge on any atom is -0.503 e. The van der Waals surface area contributed by atoms with Crippen molar-refractivity contribution in [1.82, 2.24) is 4.90 Å². The lowest BCUT2D eigenvalue weighted by Gasteiger charge is -2.25. The highest BCUT2D eigenvalue weighted by molar-refractivity contribution is 6.08. The minimum absolute atomic E-state index is 0.119. The molecule has 2 heterocycles. The molecule has 1 amide bonds. The normalized spacial score (nSPS) is 16.9. The Morgan fingerprint density at radius 3 is 2.54 bits per heavy atom. The largest absolute Gasteiger partial charge is 0.503 e. The summed E-state index contributed by atoms with van der Waals surface area (Å²) in [6.45, 7) is 4.20. The van der Waals surface area contributed by atoms with E-state index in [2.05, 4.69) is 0 Å². The first-order valence-corrected chi connectivity index (χ1v) is 9.36. The number of furan rings is 1. The van der Waals surface area contributed by atoms with Gasteiger partial charge in [0.1, 0.15) is 17.6 Å². The number of hydrogen-bond acceptors (Lipinski definition) is 5. The first kappa shape index (κ1) is 19.7. The number of methoxy groups -OCH3 is 1. The second kappa shape index (κ2) is 8.33. The molecule has 1 N–H and O–H groups in total. The van der Waals surface area contributed by atoms with Gasteiger partial charge in [0, 0.05) is 13.0 Å². The Bertz CT molecular complexity index is 865. The summed E-state index contributed by atoms with van der Waals surface area (Å²) >= 11 is 0. The summed E-state index contributed by atoms with van der Waals surface area (Å²) in [5, 5.41) is 10.5. The SMILES string of the molecule is COc1ccc(CCN2C(=O)C(O)=C(C(=O)CC(C)C)C2c2ccco2)cc1. The van der Waals surface area contributed by atoms with Crippen molar-refractivity contribution in [2.45, 2.75) is 32.7 Å². The summed E-state index contributed by atoms with van der Waals surface area (Å²) in [7, 11) is 1.61. The van der Waals surface area contributed by atoms with Crippen molar-refractivity contribution in [1.29, 1.82) is 0 Å². The molecule has 0 bridgehead atoms. The minimum atomic E-state index is -0.702. The number of carbonyl (C=O) groups excluding carboxylic acids is 2. The predicted molar refractivity (Wildman–Crippen MR) is 104 cm³/mol. The van der Waals surface area contributed by atoms with Gasteiger partial charge in [-0.05, 0) is 42.2 Å². The van der Waals surface area contributed by atoms with E-state index in [1.807, 2.05) is 38.1 Å². The van der Waals surface area contributed by atoms with E-state index in [1.54, 1.807) is 19.2 Å². The average molecular weight is 383 g/mol. The van der Waals surface area contributed by atoms with Gasteiger partial charge in [-0.1, -0.05) is 26.0 Å². The van der Waals surface area contributed by atoms with E-state index < -0.39 is 17.7 Å². The van der Waals surface area contributed by atoms with Crippen molar-refractivity contribution in [3.05, 3.63) is 65.3 Å².